The zero-order valence-electron chi connectivity index (χ0n) is 17.0. The molecule has 168 valence electrons. The molecule has 1 atom stereocenters. The van der Waals surface area contributed by atoms with Gasteiger partial charge in [0.2, 0.25) is 0 Å². The summed E-state index contributed by atoms with van der Waals surface area (Å²) < 4.78 is 43.0. The second kappa shape index (κ2) is 10.1. The average molecular weight is 491 g/mol. The number of methoxy groups -OCH3 is 3. The monoisotopic (exact) mass is 490 g/mol. The fourth-order valence-electron chi connectivity index (χ4n) is 2.50. The van der Waals surface area contributed by atoms with Crippen molar-refractivity contribution in [2.45, 2.75) is 17.9 Å². The Bertz CT molecular complexity index is 1110. The first-order valence-electron chi connectivity index (χ1n) is 8.66. The molecule has 1 amide bonds. The predicted molar refractivity (Wildman–Crippen MR) is 116 cm³/mol. The molecule has 0 aliphatic heterocycles. The van der Waals surface area contributed by atoms with Crippen molar-refractivity contribution in [1.29, 1.82) is 0 Å². The number of hydrogen-bond donors (Lipinski definition) is 2. The van der Waals surface area contributed by atoms with Gasteiger partial charge in [-0.3, -0.25) is 9.52 Å². The first-order chi connectivity index (χ1) is 14.5. The number of ether oxygens (including phenoxy) is 3. The highest BCUT2D eigenvalue weighted by Gasteiger charge is 2.23. The molecule has 0 bridgehead atoms. The minimum absolute atomic E-state index is 0.00131. The van der Waals surface area contributed by atoms with Crippen LogP contribution in [0.4, 0.5) is 5.69 Å². The highest BCUT2D eigenvalue weighted by Crippen LogP contribution is 2.37. The lowest BCUT2D eigenvalue weighted by atomic mass is 10.2. The van der Waals surface area contributed by atoms with Gasteiger partial charge in [0.1, 0.15) is 17.5 Å². The van der Waals surface area contributed by atoms with Gasteiger partial charge < -0.3 is 19.5 Å². The van der Waals surface area contributed by atoms with Crippen molar-refractivity contribution in [3.05, 3.63) is 45.9 Å². The van der Waals surface area contributed by atoms with Crippen molar-refractivity contribution in [3.8, 4) is 11.5 Å². The summed E-state index contributed by atoms with van der Waals surface area (Å²) in [5.74, 6) is -0.946. The van der Waals surface area contributed by atoms with Crippen LogP contribution < -0.4 is 19.5 Å². The Kier molecular flexibility index (Phi) is 7.99. The number of anilines is 1. The van der Waals surface area contributed by atoms with E-state index in [9.17, 15) is 18.0 Å². The third-order valence-corrected chi connectivity index (χ3v) is 6.10. The van der Waals surface area contributed by atoms with Crippen LogP contribution in [-0.4, -0.2) is 47.7 Å². The Morgan fingerprint density at radius 3 is 2.19 bits per heavy atom. The number of hydrogen-bond acceptors (Lipinski definition) is 7. The zero-order chi connectivity index (χ0) is 23.3. The summed E-state index contributed by atoms with van der Waals surface area (Å²) in [6, 6.07) is 5.36. The van der Waals surface area contributed by atoms with E-state index in [1.807, 2.05) is 0 Å². The molecule has 0 aliphatic carbocycles. The Morgan fingerprint density at radius 1 is 0.968 bits per heavy atom. The normalized spacial score (nSPS) is 11.9. The standard InChI is InChI=1S/C19H20Cl2N2O7S/c1-10(19(25)30-4)22-18(24)12-7-11(5-6-13(12)20)31(26,27)23-15-8-14(21)16(28-2)9-17(15)29-3/h5-10,23H,1-4H3,(H,22,24)/t10-/m0/s1. The Labute approximate surface area is 189 Å². The smallest absolute Gasteiger partial charge is 0.328 e. The van der Waals surface area contributed by atoms with Crippen LogP contribution in [-0.2, 0) is 19.6 Å². The largest absolute Gasteiger partial charge is 0.495 e. The van der Waals surface area contributed by atoms with Gasteiger partial charge in [-0.15, -0.1) is 0 Å². The highest BCUT2D eigenvalue weighted by molar-refractivity contribution is 7.92. The molecule has 0 aromatic heterocycles. The second-order valence-corrected chi connectivity index (χ2v) is 8.65. The molecule has 2 N–H and O–H groups in total. The van der Waals surface area contributed by atoms with E-state index in [0.29, 0.717) is 5.75 Å². The van der Waals surface area contributed by atoms with Crippen LogP contribution in [0.25, 0.3) is 0 Å². The summed E-state index contributed by atoms with van der Waals surface area (Å²) in [6.45, 7) is 1.42. The van der Waals surface area contributed by atoms with Crippen molar-refractivity contribution >= 4 is 50.8 Å². The molecule has 0 radical (unpaired) electrons. The SMILES string of the molecule is COC(=O)[C@H](C)NC(=O)c1cc(S(=O)(=O)Nc2cc(Cl)c(OC)cc2OC)ccc1Cl. The molecule has 0 aliphatic rings. The quantitative estimate of drug-likeness (QED) is 0.545. The lowest BCUT2D eigenvalue weighted by molar-refractivity contribution is -0.142. The predicted octanol–water partition coefficient (Wildman–Crippen LogP) is 3.10. The molecule has 12 heteroatoms. The number of nitrogens with one attached hydrogen (secondary N) is 2. The van der Waals surface area contributed by atoms with Crippen molar-refractivity contribution in [2.75, 3.05) is 26.1 Å². The van der Waals surface area contributed by atoms with Gasteiger partial charge in [0.25, 0.3) is 15.9 Å². The Morgan fingerprint density at radius 2 is 1.61 bits per heavy atom. The van der Waals surface area contributed by atoms with Gasteiger partial charge in [-0.1, -0.05) is 23.2 Å². The van der Waals surface area contributed by atoms with Crippen molar-refractivity contribution in [1.82, 2.24) is 5.32 Å². The maximum atomic E-state index is 12.9. The fourth-order valence-corrected chi connectivity index (χ4v) is 4.03. The van der Waals surface area contributed by atoms with E-state index < -0.39 is 27.9 Å². The van der Waals surface area contributed by atoms with Crippen LogP contribution in [0.1, 0.15) is 17.3 Å². The highest BCUT2D eigenvalue weighted by atomic mass is 35.5. The minimum atomic E-state index is -4.16. The summed E-state index contributed by atoms with van der Waals surface area (Å²) in [5.41, 5.74) is -0.0754. The molecule has 0 fully saturated rings. The molecular weight excluding hydrogens is 471 g/mol. The minimum Gasteiger partial charge on any atom is -0.495 e. The van der Waals surface area contributed by atoms with Gasteiger partial charge in [0.05, 0.1) is 47.5 Å². The van der Waals surface area contributed by atoms with E-state index in [2.05, 4.69) is 14.8 Å². The second-order valence-electron chi connectivity index (χ2n) is 6.15. The Hall–Kier alpha value is -2.69. The molecule has 0 saturated heterocycles. The number of amides is 1. The van der Waals surface area contributed by atoms with Crippen LogP contribution in [0, 0.1) is 0 Å². The van der Waals surface area contributed by atoms with Gasteiger partial charge in [-0.2, -0.15) is 0 Å². The number of halogens is 2. The topological polar surface area (TPSA) is 120 Å². The molecule has 0 spiro atoms. The summed E-state index contributed by atoms with van der Waals surface area (Å²) in [5, 5.41) is 2.55. The van der Waals surface area contributed by atoms with Gasteiger partial charge >= 0.3 is 5.97 Å². The molecule has 2 aromatic rings. The van der Waals surface area contributed by atoms with Gasteiger partial charge in [0.15, 0.2) is 0 Å². The molecule has 0 heterocycles. The summed E-state index contributed by atoms with van der Waals surface area (Å²) in [4.78, 5) is 23.8. The van der Waals surface area contributed by atoms with Crippen molar-refractivity contribution < 1.29 is 32.2 Å². The number of sulfonamides is 1. The van der Waals surface area contributed by atoms with Crippen LogP contribution in [0.5, 0.6) is 11.5 Å². The van der Waals surface area contributed by atoms with Gasteiger partial charge in [0, 0.05) is 6.07 Å². The zero-order valence-corrected chi connectivity index (χ0v) is 19.3. The Balaban J connectivity index is 2.38. The summed E-state index contributed by atoms with van der Waals surface area (Å²) in [7, 11) is -0.224. The van der Waals surface area contributed by atoms with E-state index >= 15 is 0 Å². The van der Waals surface area contributed by atoms with Crippen LogP contribution in [0.2, 0.25) is 10.0 Å². The maximum absolute atomic E-state index is 12.9. The molecule has 9 nitrogen and oxygen atoms in total. The first kappa shape index (κ1) is 24.6. The summed E-state index contributed by atoms with van der Waals surface area (Å²) >= 11 is 12.1. The number of carbonyl (C=O) groups is 2. The number of carbonyl (C=O) groups excluding carboxylic acids is 2. The van der Waals surface area contributed by atoms with E-state index in [1.165, 1.54) is 52.5 Å². The van der Waals surface area contributed by atoms with E-state index in [4.69, 9.17) is 32.7 Å². The molecule has 2 aromatic carbocycles. The lowest BCUT2D eigenvalue weighted by Gasteiger charge is -2.15. The van der Waals surface area contributed by atoms with Crippen molar-refractivity contribution in [2.24, 2.45) is 0 Å². The summed E-state index contributed by atoms with van der Waals surface area (Å²) in [6.07, 6.45) is 0. The van der Waals surface area contributed by atoms with E-state index in [-0.39, 0.29) is 31.9 Å². The fraction of sp³-hybridized carbons (Fsp3) is 0.263. The molecule has 2 rings (SSSR count). The third-order valence-electron chi connectivity index (χ3n) is 4.11. The van der Waals surface area contributed by atoms with Crippen LogP contribution in [0.3, 0.4) is 0 Å². The first-order valence-corrected chi connectivity index (χ1v) is 10.9. The number of rotatable bonds is 8. The molecule has 31 heavy (non-hydrogen) atoms. The van der Waals surface area contributed by atoms with E-state index in [0.717, 1.165) is 6.07 Å². The third kappa shape index (κ3) is 5.72. The van der Waals surface area contributed by atoms with E-state index in [1.54, 1.807) is 0 Å². The van der Waals surface area contributed by atoms with Crippen molar-refractivity contribution in [3.63, 3.8) is 0 Å². The lowest BCUT2D eigenvalue weighted by Crippen LogP contribution is -2.39. The van der Waals surface area contributed by atoms with Crippen LogP contribution in [0.15, 0.2) is 35.2 Å². The maximum Gasteiger partial charge on any atom is 0.328 e. The number of esters is 1. The number of benzene rings is 2. The van der Waals surface area contributed by atoms with Gasteiger partial charge in [-0.25, -0.2) is 13.2 Å². The molecule has 0 saturated carbocycles. The molecular formula is C19H20Cl2N2O7S. The molecule has 0 unspecified atom stereocenters. The average Bonchev–Trinajstić information content (AvgIpc) is 2.73. The van der Waals surface area contributed by atoms with Crippen LogP contribution >= 0.6 is 23.2 Å². The van der Waals surface area contributed by atoms with Gasteiger partial charge in [-0.05, 0) is 31.2 Å².